The van der Waals surface area contributed by atoms with Crippen LogP contribution in [-0.4, -0.2) is 44.8 Å². The molecule has 0 bridgehead atoms. The van der Waals surface area contributed by atoms with Gasteiger partial charge >= 0.3 is 6.18 Å². The van der Waals surface area contributed by atoms with E-state index in [1.807, 2.05) is 9.62 Å². The minimum Gasteiger partial charge on any atom is -0.356 e. The topological polar surface area (TPSA) is 91.4 Å². The summed E-state index contributed by atoms with van der Waals surface area (Å²) >= 11 is 0. The van der Waals surface area contributed by atoms with Crippen LogP contribution in [0.3, 0.4) is 0 Å². The maximum absolute atomic E-state index is 14.4. The van der Waals surface area contributed by atoms with E-state index in [0.29, 0.717) is 24.6 Å². The summed E-state index contributed by atoms with van der Waals surface area (Å²) in [6.07, 6.45) is -0.850. The number of benzene rings is 1. The molecular formula is C24H30F4N4O3S. The van der Waals surface area contributed by atoms with Crippen molar-refractivity contribution in [3.63, 3.8) is 0 Å². The van der Waals surface area contributed by atoms with Crippen molar-refractivity contribution >= 4 is 27.4 Å². The van der Waals surface area contributed by atoms with E-state index in [1.54, 1.807) is 6.92 Å². The highest BCUT2D eigenvalue weighted by Crippen LogP contribution is 2.40. The number of rotatable bonds is 7. The number of carbonyl (C=O) groups is 1. The number of halogens is 4. The van der Waals surface area contributed by atoms with Crippen molar-refractivity contribution < 1.29 is 30.8 Å². The van der Waals surface area contributed by atoms with E-state index in [-0.39, 0.29) is 22.6 Å². The normalized spacial score (nSPS) is 16.9. The van der Waals surface area contributed by atoms with Crippen LogP contribution in [0.2, 0.25) is 0 Å². The van der Waals surface area contributed by atoms with Crippen molar-refractivity contribution in [1.82, 2.24) is 10.3 Å². The molecule has 7 nitrogen and oxygen atoms in total. The summed E-state index contributed by atoms with van der Waals surface area (Å²) < 4.78 is 82.1. The molecule has 2 heterocycles. The Morgan fingerprint density at radius 3 is 2.39 bits per heavy atom. The average Bonchev–Trinajstić information content (AvgIpc) is 2.77. The number of nitrogens with one attached hydrogen (secondary N) is 2. The highest BCUT2D eigenvalue weighted by molar-refractivity contribution is 7.92. The molecule has 2 unspecified atom stereocenters. The number of aromatic nitrogens is 1. The minimum atomic E-state index is -4.81. The summed E-state index contributed by atoms with van der Waals surface area (Å²) in [7, 11) is -3.74. The summed E-state index contributed by atoms with van der Waals surface area (Å²) in [6, 6.07) is 2.50. The van der Waals surface area contributed by atoms with Crippen molar-refractivity contribution in [3.8, 4) is 0 Å². The van der Waals surface area contributed by atoms with Gasteiger partial charge in [0.2, 0.25) is 15.9 Å². The molecule has 3 rings (SSSR count). The van der Waals surface area contributed by atoms with Gasteiger partial charge in [-0.2, -0.15) is 13.2 Å². The van der Waals surface area contributed by atoms with Gasteiger partial charge in [-0.25, -0.2) is 17.8 Å². The van der Waals surface area contributed by atoms with Gasteiger partial charge in [0.25, 0.3) is 0 Å². The first-order valence-electron chi connectivity index (χ1n) is 11.5. The van der Waals surface area contributed by atoms with Gasteiger partial charge in [0.15, 0.2) is 6.04 Å². The fourth-order valence-corrected chi connectivity index (χ4v) is 4.77. The first kappa shape index (κ1) is 27.7. The van der Waals surface area contributed by atoms with Crippen LogP contribution < -0.4 is 14.9 Å². The van der Waals surface area contributed by atoms with Gasteiger partial charge in [-0.05, 0) is 61.9 Å². The lowest BCUT2D eigenvalue weighted by atomic mass is 9.95. The van der Waals surface area contributed by atoms with Gasteiger partial charge < -0.3 is 10.2 Å². The molecule has 36 heavy (non-hydrogen) atoms. The molecule has 0 radical (unpaired) electrons. The van der Waals surface area contributed by atoms with Crippen molar-refractivity contribution in [2.75, 3.05) is 29.0 Å². The molecule has 1 fully saturated rings. The number of anilines is 2. The van der Waals surface area contributed by atoms with Crippen LogP contribution in [0.15, 0.2) is 30.5 Å². The van der Waals surface area contributed by atoms with Crippen LogP contribution in [-0.2, 0) is 14.8 Å². The van der Waals surface area contributed by atoms with E-state index < -0.39 is 39.9 Å². The highest BCUT2D eigenvalue weighted by atomic mass is 32.2. The Morgan fingerprint density at radius 1 is 1.19 bits per heavy atom. The van der Waals surface area contributed by atoms with E-state index in [0.717, 1.165) is 31.2 Å². The third-order valence-electron chi connectivity index (χ3n) is 6.35. The summed E-state index contributed by atoms with van der Waals surface area (Å²) in [6.45, 7) is 6.11. The van der Waals surface area contributed by atoms with Gasteiger partial charge in [0, 0.05) is 24.8 Å². The van der Waals surface area contributed by atoms with E-state index in [2.05, 4.69) is 17.2 Å². The molecule has 2 aromatic rings. The number of nitrogens with zero attached hydrogens (tertiary/aromatic N) is 2. The summed E-state index contributed by atoms with van der Waals surface area (Å²) in [5.41, 5.74) is 0.00163. The molecule has 1 aliphatic rings. The van der Waals surface area contributed by atoms with E-state index in [9.17, 15) is 30.8 Å². The zero-order valence-electron chi connectivity index (χ0n) is 20.5. The number of piperidine rings is 1. The van der Waals surface area contributed by atoms with Gasteiger partial charge in [0.05, 0.1) is 17.9 Å². The Balaban J connectivity index is 1.90. The molecule has 1 saturated heterocycles. The lowest BCUT2D eigenvalue weighted by Crippen LogP contribution is -2.42. The van der Waals surface area contributed by atoms with Crippen LogP contribution in [0.1, 0.15) is 55.3 Å². The first-order valence-corrected chi connectivity index (χ1v) is 13.4. The van der Waals surface area contributed by atoms with Crippen LogP contribution in [0.4, 0.5) is 29.1 Å². The zero-order valence-corrected chi connectivity index (χ0v) is 21.3. The molecule has 1 aromatic heterocycles. The summed E-state index contributed by atoms with van der Waals surface area (Å²) in [5.74, 6) is -2.39. The molecule has 1 amide bonds. The maximum atomic E-state index is 14.4. The largest absolute Gasteiger partial charge is 0.413 e. The molecule has 2 atom stereocenters. The van der Waals surface area contributed by atoms with Gasteiger partial charge in [-0.1, -0.05) is 13.0 Å². The molecular weight excluding hydrogens is 500 g/mol. The highest BCUT2D eigenvalue weighted by Gasteiger charge is 2.45. The second-order valence-electron chi connectivity index (χ2n) is 9.35. The lowest BCUT2D eigenvalue weighted by molar-refractivity contribution is -0.163. The Labute approximate surface area is 208 Å². The van der Waals surface area contributed by atoms with Gasteiger partial charge in [-0.15, -0.1) is 0 Å². The van der Waals surface area contributed by atoms with Crippen molar-refractivity contribution in [2.24, 2.45) is 5.92 Å². The number of carbonyl (C=O) groups excluding carboxylic acids is 1. The third-order valence-corrected chi connectivity index (χ3v) is 6.95. The SMILES string of the molecule is Cc1ccnc(N2CCC(C)CC2)c1C(NC(=O)C(C)c1ccc(NS(C)(=O)=O)c(F)c1)C(F)(F)F. The predicted octanol–water partition coefficient (Wildman–Crippen LogP) is 4.66. The number of pyridine rings is 1. The fourth-order valence-electron chi connectivity index (χ4n) is 4.20. The number of aryl methyl sites for hydroxylation is 1. The predicted molar refractivity (Wildman–Crippen MR) is 130 cm³/mol. The standard InChI is InChI=1S/C24H30F4N4O3S/c1-14-8-11-32(12-9-14)22-20(15(2)7-10-29-22)21(24(26,27)28)30-23(33)16(3)17-5-6-19(18(25)13-17)31-36(4,34)35/h5-7,10,13-14,16,21,31H,8-9,11-12H2,1-4H3,(H,30,33). The average molecular weight is 531 g/mol. The number of alkyl halides is 3. The van der Waals surface area contributed by atoms with Gasteiger partial charge in [-0.3, -0.25) is 9.52 Å². The number of amides is 1. The van der Waals surface area contributed by atoms with Gasteiger partial charge in [0.1, 0.15) is 11.6 Å². The molecule has 1 aliphatic heterocycles. The maximum Gasteiger partial charge on any atom is 0.413 e. The molecule has 1 aromatic carbocycles. The van der Waals surface area contributed by atoms with E-state index in [4.69, 9.17) is 0 Å². The van der Waals surface area contributed by atoms with Crippen LogP contribution in [0.25, 0.3) is 0 Å². The van der Waals surface area contributed by atoms with Crippen molar-refractivity contribution in [2.45, 2.75) is 51.7 Å². The number of sulfonamides is 1. The molecule has 12 heteroatoms. The quantitative estimate of drug-likeness (QED) is 0.508. The second kappa shape index (κ2) is 10.6. The molecule has 0 spiro atoms. The van der Waals surface area contributed by atoms with Crippen LogP contribution >= 0.6 is 0 Å². The lowest BCUT2D eigenvalue weighted by Gasteiger charge is -2.35. The van der Waals surface area contributed by atoms with Crippen LogP contribution in [0.5, 0.6) is 0 Å². The molecule has 2 N–H and O–H groups in total. The summed E-state index contributed by atoms with van der Waals surface area (Å²) in [4.78, 5) is 19.0. The smallest absolute Gasteiger partial charge is 0.356 e. The Bertz CT molecular complexity index is 1210. The first-order chi connectivity index (χ1) is 16.7. The molecule has 0 aliphatic carbocycles. The molecule has 198 valence electrons. The van der Waals surface area contributed by atoms with Crippen molar-refractivity contribution in [3.05, 3.63) is 53.0 Å². The fraction of sp³-hybridized carbons (Fsp3) is 0.500. The Hall–Kier alpha value is -2.89. The number of hydrogen-bond acceptors (Lipinski definition) is 5. The minimum absolute atomic E-state index is 0.0955. The monoisotopic (exact) mass is 530 g/mol. The van der Waals surface area contributed by atoms with E-state index in [1.165, 1.54) is 25.3 Å². The van der Waals surface area contributed by atoms with E-state index >= 15 is 0 Å². The molecule has 0 saturated carbocycles. The summed E-state index contributed by atoms with van der Waals surface area (Å²) in [5, 5.41) is 2.11. The zero-order chi connectivity index (χ0) is 26.8. The number of hydrogen-bond donors (Lipinski definition) is 2. The Morgan fingerprint density at radius 2 is 1.83 bits per heavy atom. The second-order valence-corrected chi connectivity index (χ2v) is 11.1. The van der Waals surface area contributed by atoms with Crippen molar-refractivity contribution in [1.29, 1.82) is 0 Å². The third kappa shape index (κ3) is 6.65. The van der Waals surface area contributed by atoms with Crippen LogP contribution in [0, 0.1) is 18.7 Å². The Kier molecular flexibility index (Phi) is 8.17.